The van der Waals surface area contributed by atoms with Crippen molar-refractivity contribution < 1.29 is 0 Å². The molecule has 2 aromatic rings. The molecule has 0 atom stereocenters. The van der Waals surface area contributed by atoms with Crippen LogP contribution in [0, 0.1) is 19.9 Å². The first-order chi connectivity index (χ1) is 7.18. The van der Waals surface area contributed by atoms with E-state index >= 15 is 0 Å². The molecule has 0 saturated heterocycles. The summed E-state index contributed by atoms with van der Waals surface area (Å²) in [5.41, 5.74) is 4.03. The minimum absolute atomic E-state index is 0.753. The van der Waals surface area contributed by atoms with Gasteiger partial charge in [-0.2, -0.15) is 0 Å². The molecular formula is C13H11ClN. The molecule has 0 aliphatic heterocycles. The van der Waals surface area contributed by atoms with Gasteiger partial charge in [-0.3, -0.25) is 4.98 Å². The summed E-state index contributed by atoms with van der Waals surface area (Å²) < 4.78 is 0. The van der Waals surface area contributed by atoms with E-state index in [1.54, 1.807) is 0 Å². The van der Waals surface area contributed by atoms with E-state index in [0.717, 1.165) is 27.4 Å². The number of hydrogen-bond donors (Lipinski definition) is 0. The van der Waals surface area contributed by atoms with Gasteiger partial charge >= 0.3 is 0 Å². The molecule has 2 heteroatoms. The summed E-state index contributed by atoms with van der Waals surface area (Å²) in [6.07, 6.45) is 1.84. The van der Waals surface area contributed by atoms with E-state index in [1.807, 2.05) is 44.3 Å². The molecular weight excluding hydrogens is 206 g/mol. The normalized spacial score (nSPS) is 10.3. The van der Waals surface area contributed by atoms with Gasteiger partial charge < -0.3 is 0 Å². The summed E-state index contributed by atoms with van der Waals surface area (Å²) >= 11 is 6.21. The molecule has 0 aliphatic rings. The summed E-state index contributed by atoms with van der Waals surface area (Å²) in [6, 6.07) is 10.9. The van der Waals surface area contributed by atoms with Gasteiger partial charge in [-0.1, -0.05) is 29.8 Å². The van der Waals surface area contributed by atoms with Gasteiger partial charge in [0, 0.05) is 23.0 Å². The molecule has 1 radical (unpaired) electrons. The fraction of sp³-hybridized carbons (Fsp3) is 0.154. The minimum atomic E-state index is 0.753. The molecule has 1 aromatic carbocycles. The van der Waals surface area contributed by atoms with Gasteiger partial charge in [0.1, 0.15) is 0 Å². The summed E-state index contributed by atoms with van der Waals surface area (Å²) in [6.45, 7) is 3.92. The molecule has 15 heavy (non-hydrogen) atoms. The highest BCUT2D eigenvalue weighted by Gasteiger charge is 2.05. The van der Waals surface area contributed by atoms with E-state index in [2.05, 4.69) is 11.1 Å². The van der Waals surface area contributed by atoms with Gasteiger partial charge in [0.15, 0.2) is 0 Å². The van der Waals surface area contributed by atoms with Crippen LogP contribution in [0.25, 0.3) is 11.1 Å². The monoisotopic (exact) mass is 216 g/mol. The summed E-state index contributed by atoms with van der Waals surface area (Å²) in [7, 11) is 0. The molecule has 0 bridgehead atoms. The maximum absolute atomic E-state index is 6.21. The van der Waals surface area contributed by atoms with Crippen LogP contribution in [0.1, 0.15) is 11.3 Å². The second kappa shape index (κ2) is 4.03. The van der Waals surface area contributed by atoms with E-state index in [4.69, 9.17) is 11.6 Å². The highest BCUT2D eigenvalue weighted by atomic mass is 35.5. The van der Waals surface area contributed by atoms with Crippen molar-refractivity contribution in [3.8, 4) is 11.1 Å². The third-order valence-corrected chi connectivity index (χ3v) is 2.82. The molecule has 0 saturated carbocycles. The molecule has 75 valence electrons. The third kappa shape index (κ3) is 2.02. The SMILES string of the molecule is Cc1ccc(-c2cc[c]c(C)c2Cl)cn1. The quantitative estimate of drug-likeness (QED) is 0.706. The second-order valence-electron chi connectivity index (χ2n) is 3.52. The molecule has 0 spiro atoms. The predicted molar refractivity (Wildman–Crippen MR) is 63.0 cm³/mol. The number of rotatable bonds is 1. The number of pyridine rings is 1. The van der Waals surface area contributed by atoms with Gasteiger partial charge in [-0.25, -0.2) is 0 Å². The van der Waals surface area contributed by atoms with Gasteiger partial charge in [0.2, 0.25) is 0 Å². The number of hydrogen-bond acceptors (Lipinski definition) is 1. The molecule has 1 nitrogen and oxygen atoms in total. The lowest BCUT2D eigenvalue weighted by Gasteiger charge is -2.06. The fourth-order valence-corrected chi connectivity index (χ4v) is 1.67. The molecule has 0 amide bonds. The Morgan fingerprint density at radius 1 is 1.20 bits per heavy atom. The van der Waals surface area contributed by atoms with Crippen molar-refractivity contribution in [2.24, 2.45) is 0 Å². The zero-order valence-corrected chi connectivity index (χ0v) is 9.47. The summed E-state index contributed by atoms with van der Waals surface area (Å²) in [5.74, 6) is 0. The van der Waals surface area contributed by atoms with Crippen LogP contribution in [0.15, 0.2) is 30.5 Å². The van der Waals surface area contributed by atoms with Crippen molar-refractivity contribution in [1.82, 2.24) is 4.98 Å². The van der Waals surface area contributed by atoms with Crippen LogP contribution in [0.4, 0.5) is 0 Å². The Labute approximate surface area is 94.7 Å². The van der Waals surface area contributed by atoms with Crippen LogP contribution < -0.4 is 0 Å². The summed E-state index contributed by atoms with van der Waals surface area (Å²) in [4.78, 5) is 4.26. The number of halogens is 1. The Balaban J connectivity index is 2.54. The van der Waals surface area contributed by atoms with Crippen molar-refractivity contribution in [1.29, 1.82) is 0 Å². The average molecular weight is 217 g/mol. The first-order valence-corrected chi connectivity index (χ1v) is 5.16. The standard InChI is InChI=1S/C13H11ClN/c1-9-4-3-5-12(13(9)14)11-7-6-10(2)15-8-11/h3,5-8H,1-2H3. The number of aromatic nitrogens is 1. The smallest absolute Gasteiger partial charge is 0.0520 e. The van der Waals surface area contributed by atoms with E-state index in [0.29, 0.717) is 0 Å². The van der Waals surface area contributed by atoms with Crippen molar-refractivity contribution >= 4 is 11.6 Å². The van der Waals surface area contributed by atoms with E-state index < -0.39 is 0 Å². The Hall–Kier alpha value is -1.34. The molecule has 0 aliphatic carbocycles. The van der Waals surface area contributed by atoms with Crippen molar-refractivity contribution in [2.75, 3.05) is 0 Å². The molecule has 1 aromatic heterocycles. The lowest BCUT2D eigenvalue weighted by Crippen LogP contribution is -1.85. The van der Waals surface area contributed by atoms with Crippen LogP contribution in [0.3, 0.4) is 0 Å². The van der Waals surface area contributed by atoms with E-state index in [1.165, 1.54) is 0 Å². The van der Waals surface area contributed by atoms with Crippen LogP contribution in [0.5, 0.6) is 0 Å². The molecule has 1 heterocycles. The molecule has 0 N–H and O–H groups in total. The van der Waals surface area contributed by atoms with Crippen LogP contribution in [0.2, 0.25) is 5.02 Å². The maximum atomic E-state index is 6.21. The Morgan fingerprint density at radius 3 is 2.67 bits per heavy atom. The van der Waals surface area contributed by atoms with Crippen LogP contribution >= 0.6 is 11.6 Å². The number of aryl methyl sites for hydroxylation is 2. The number of benzene rings is 1. The van der Waals surface area contributed by atoms with Crippen molar-refractivity contribution in [3.63, 3.8) is 0 Å². The number of nitrogens with zero attached hydrogens (tertiary/aromatic N) is 1. The zero-order valence-electron chi connectivity index (χ0n) is 8.71. The first kappa shape index (κ1) is 10.2. The zero-order chi connectivity index (χ0) is 10.8. The molecule has 2 rings (SSSR count). The van der Waals surface area contributed by atoms with Crippen LogP contribution in [-0.4, -0.2) is 4.98 Å². The molecule has 0 fully saturated rings. The Kier molecular flexibility index (Phi) is 2.74. The van der Waals surface area contributed by atoms with E-state index in [-0.39, 0.29) is 0 Å². The minimum Gasteiger partial charge on any atom is -0.261 e. The largest absolute Gasteiger partial charge is 0.261 e. The van der Waals surface area contributed by atoms with E-state index in [9.17, 15) is 0 Å². The lowest BCUT2D eigenvalue weighted by molar-refractivity contribution is 1.20. The average Bonchev–Trinajstić information content (AvgIpc) is 2.24. The van der Waals surface area contributed by atoms with Gasteiger partial charge in [-0.15, -0.1) is 0 Å². The lowest BCUT2D eigenvalue weighted by atomic mass is 10.1. The maximum Gasteiger partial charge on any atom is 0.0520 e. The topological polar surface area (TPSA) is 12.9 Å². The van der Waals surface area contributed by atoms with Gasteiger partial charge in [0.25, 0.3) is 0 Å². The Morgan fingerprint density at radius 2 is 2.00 bits per heavy atom. The first-order valence-electron chi connectivity index (χ1n) is 4.78. The highest BCUT2D eigenvalue weighted by Crippen LogP contribution is 2.29. The fourth-order valence-electron chi connectivity index (χ4n) is 1.44. The van der Waals surface area contributed by atoms with Crippen LogP contribution in [-0.2, 0) is 0 Å². The molecule has 0 unspecified atom stereocenters. The van der Waals surface area contributed by atoms with Gasteiger partial charge in [0.05, 0.1) is 5.02 Å². The van der Waals surface area contributed by atoms with Crippen molar-refractivity contribution in [2.45, 2.75) is 13.8 Å². The second-order valence-corrected chi connectivity index (χ2v) is 3.90. The Bertz CT molecular complexity index is 474. The van der Waals surface area contributed by atoms with Gasteiger partial charge in [-0.05, 0) is 31.5 Å². The predicted octanol–water partition coefficient (Wildman–Crippen LogP) is 3.82. The summed E-state index contributed by atoms with van der Waals surface area (Å²) in [5, 5.41) is 0.753. The highest BCUT2D eigenvalue weighted by molar-refractivity contribution is 6.34. The van der Waals surface area contributed by atoms with Crippen molar-refractivity contribution in [3.05, 3.63) is 52.8 Å². The third-order valence-electron chi connectivity index (χ3n) is 2.34.